The highest BCUT2D eigenvalue weighted by Gasteiger charge is 2.20. The van der Waals surface area contributed by atoms with E-state index in [1.54, 1.807) is 0 Å². The average molecular weight is 174 g/mol. The minimum atomic E-state index is 0.502. The monoisotopic (exact) mass is 174 g/mol. The van der Waals surface area contributed by atoms with E-state index in [9.17, 15) is 0 Å². The number of benzene rings is 1. The van der Waals surface area contributed by atoms with Gasteiger partial charge in [0, 0.05) is 12.1 Å². The van der Waals surface area contributed by atoms with Crippen molar-refractivity contribution >= 4 is 11.4 Å². The van der Waals surface area contributed by atoms with Gasteiger partial charge in [0.2, 0.25) is 0 Å². The molecule has 1 atom stereocenters. The quantitative estimate of drug-likeness (QED) is 0.639. The Balaban J connectivity index is 2.27. The van der Waals surface area contributed by atoms with E-state index >= 15 is 0 Å². The zero-order valence-electron chi connectivity index (χ0n) is 8.07. The molecule has 2 nitrogen and oxygen atoms in total. The Morgan fingerprint density at radius 3 is 2.54 bits per heavy atom. The van der Waals surface area contributed by atoms with E-state index in [2.05, 4.69) is 36.1 Å². The number of hydrogen-bond acceptors (Lipinski definition) is 2. The largest absolute Gasteiger partial charge is 0.262 e. The van der Waals surface area contributed by atoms with Crippen LogP contribution in [0.15, 0.2) is 35.4 Å². The highest BCUT2D eigenvalue weighted by Crippen LogP contribution is 2.23. The van der Waals surface area contributed by atoms with E-state index in [1.807, 2.05) is 18.2 Å². The van der Waals surface area contributed by atoms with Gasteiger partial charge in [-0.1, -0.05) is 18.2 Å². The summed E-state index contributed by atoms with van der Waals surface area (Å²) >= 11 is 0. The zero-order chi connectivity index (χ0) is 9.26. The Hall–Kier alpha value is -1.31. The Morgan fingerprint density at radius 1 is 1.31 bits per heavy atom. The van der Waals surface area contributed by atoms with Gasteiger partial charge in [0.15, 0.2) is 0 Å². The van der Waals surface area contributed by atoms with Gasteiger partial charge >= 0.3 is 0 Å². The average Bonchev–Trinajstić information content (AvgIpc) is 2.47. The third kappa shape index (κ3) is 1.57. The van der Waals surface area contributed by atoms with Gasteiger partial charge in [-0.05, 0) is 26.0 Å². The maximum Gasteiger partial charge on any atom is 0.0597 e. The van der Waals surface area contributed by atoms with Crippen LogP contribution in [0.25, 0.3) is 0 Å². The first-order valence-corrected chi connectivity index (χ1v) is 4.66. The normalized spacial score (nSPS) is 21.8. The number of para-hydroxylation sites is 1. The van der Waals surface area contributed by atoms with E-state index in [0.29, 0.717) is 6.04 Å². The molecule has 2 rings (SSSR count). The molecule has 0 radical (unpaired) electrons. The van der Waals surface area contributed by atoms with Crippen LogP contribution in [-0.2, 0) is 0 Å². The van der Waals surface area contributed by atoms with Gasteiger partial charge in [0.1, 0.15) is 0 Å². The maximum atomic E-state index is 4.49. The molecule has 1 aliphatic rings. The van der Waals surface area contributed by atoms with Gasteiger partial charge in [0.25, 0.3) is 0 Å². The van der Waals surface area contributed by atoms with Gasteiger partial charge < -0.3 is 0 Å². The van der Waals surface area contributed by atoms with Crippen molar-refractivity contribution in [1.82, 2.24) is 0 Å². The number of anilines is 1. The first kappa shape index (κ1) is 8.30. The lowest BCUT2D eigenvalue weighted by atomic mass is 10.2. The third-order valence-electron chi connectivity index (χ3n) is 2.31. The second-order valence-corrected chi connectivity index (χ2v) is 3.57. The van der Waals surface area contributed by atoms with Crippen LogP contribution in [0.3, 0.4) is 0 Å². The Morgan fingerprint density at radius 2 is 2.00 bits per heavy atom. The Labute approximate surface area is 78.9 Å². The van der Waals surface area contributed by atoms with E-state index in [0.717, 1.165) is 6.42 Å². The van der Waals surface area contributed by atoms with Crippen molar-refractivity contribution < 1.29 is 0 Å². The van der Waals surface area contributed by atoms with Crippen LogP contribution in [0.4, 0.5) is 5.69 Å². The summed E-state index contributed by atoms with van der Waals surface area (Å²) in [4.78, 5) is 0. The molecule has 0 aromatic heterocycles. The first-order chi connectivity index (χ1) is 6.27. The molecule has 0 saturated carbocycles. The molecule has 0 spiro atoms. The predicted octanol–water partition coefficient (Wildman–Crippen LogP) is 2.66. The molecular weight excluding hydrogens is 160 g/mol. The van der Waals surface area contributed by atoms with Crippen LogP contribution in [-0.4, -0.2) is 11.8 Å². The molecule has 0 amide bonds. The second kappa shape index (κ2) is 3.21. The van der Waals surface area contributed by atoms with Crippen molar-refractivity contribution in [3.05, 3.63) is 30.3 Å². The topological polar surface area (TPSA) is 15.6 Å². The Kier molecular flexibility index (Phi) is 2.05. The van der Waals surface area contributed by atoms with Crippen molar-refractivity contribution in [1.29, 1.82) is 0 Å². The lowest BCUT2D eigenvalue weighted by Crippen LogP contribution is -2.22. The molecule has 68 valence electrons. The fraction of sp³-hybridized carbons (Fsp3) is 0.364. The van der Waals surface area contributed by atoms with Gasteiger partial charge in [0.05, 0.1) is 11.7 Å². The van der Waals surface area contributed by atoms with E-state index in [1.165, 1.54) is 11.4 Å². The summed E-state index contributed by atoms with van der Waals surface area (Å²) in [6.07, 6.45) is 1.08. The summed E-state index contributed by atoms with van der Waals surface area (Å²) < 4.78 is 0. The summed E-state index contributed by atoms with van der Waals surface area (Å²) in [5.41, 5.74) is 2.41. The summed E-state index contributed by atoms with van der Waals surface area (Å²) in [5.74, 6) is 0. The van der Waals surface area contributed by atoms with Crippen LogP contribution in [0.1, 0.15) is 20.3 Å². The maximum absolute atomic E-state index is 4.49. The lowest BCUT2D eigenvalue weighted by molar-refractivity contribution is 0.724. The molecule has 13 heavy (non-hydrogen) atoms. The zero-order valence-corrected chi connectivity index (χ0v) is 8.07. The van der Waals surface area contributed by atoms with Crippen LogP contribution in [0, 0.1) is 0 Å². The highest BCUT2D eigenvalue weighted by atomic mass is 15.5. The smallest absolute Gasteiger partial charge is 0.0597 e. The molecule has 1 heterocycles. The van der Waals surface area contributed by atoms with Gasteiger partial charge in [-0.3, -0.25) is 5.01 Å². The van der Waals surface area contributed by atoms with Gasteiger partial charge in [-0.25, -0.2) is 0 Å². The first-order valence-electron chi connectivity index (χ1n) is 4.66. The van der Waals surface area contributed by atoms with E-state index in [4.69, 9.17) is 0 Å². The molecule has 1 unspecified atom stereocenters. The van der Waals surface area contributed by atoms with Crippen LogP contribution < -0.4 is 5.01 Å². The molecular formula is C11H14N2. The lowest BCUT2D eigenvalue weighted by Gasteiger charge is -2.19. The molecule has 0 N–H and O–H groups in total. The van der Waals surface area contributed by atoms with Crippen molar-refractivity contribution in [2.24, 2.45) is 5.10 Å². The molecule has 1 aromatic rings. The van der Waals surface area contributed by atoms with Gasteiger partial charge in [-0.2, -0.15) is 5.10 Å². The van der Waals surface area contributed by atoms with E-state index < -0.39 is 0 Å². The second-order valence-electron chi connectivity index (χ2n) is 3.57. The minimum absolute atomic E-state index is 0.502. The van der Waals surface area contributed by atoms with Crippen LogP contribution in [0.5, 0.6) is 0 Å². The number of rotatable bonds is 1. The molecule has 0 saturated heterocycles. The third-order valence-corrected chi connectivity index (χ3v) is 2.31. The summed E-state index contributed by atoms with van der Waals surface area (Å²) in [6.45, 7) is 4.28. The standard InChI is InChI=1S/C11H14N2/c1-9-8-10(2)13(12-9)11-6-4-3-5-7-11/h3-7,10H,8H2,1-2H3. The minimum Gasteiger partial charge on any atom is -0.262 e. The van der Waals surface area contributed by atoms with Crippen LogP contribution >= 0.6 is 0 Å². The molecule has 1 aromatic carbocycles. The summed E-state index contributed by atoms with van der Waals surface area (Å²) in [7, 11) is 0. The number of hydrogen-bond donors (Lipinski definition) is 0. The van der Waals surface area contributed by atoms with Crippen molar-refractivity contribution in [3.8, 4) is 0 Å². The van der Waals surface area contributed by atoms with E-state index in [-0.39, 0.29) is 0 Å². The summed E-state index contributed by atoms with van der Waals surface area (Å²) in [5, 5.41) is 6.58. The van der Waals surface area contributed by atoms with Crippen molar-refractivity contribution in [2.45, 2.75) is 26.3 Å². The molecule has 1 aliphatic heterocycles. The van der Waals surface area contributed by atoms with Crippen molar-refractivity contribution in [3.63, 3.8) is 0 Å². The number of nitrogens with zero attached hydrogens (tertiary/aromatic N) is 2. The summed E-state index contributed by atoms with van der Waals surface area (Å²) in [6, 6.07) is 10.8. The molecule has 2 heteroatoms. The fourth-order valence-corrected chi connectivity index (χ4v) is 1.73. The predicted molar refractivity (Wildman–Crippen MR) is 56.1 cm³/mol. The number of hydrazone groups is 1. The van der Waals surface area contributed by atoms with Crippen molar-refractivity contribution in [2.75, 3.05) is 5.01 Å². The molecule has 0 aliphatic carbocycles. The molecule has 0 bridgehead atoms. The fourth-order valence-electron chi connectivity index (χ4n) is 1.73. The Bertz CT molecular complexity index is 316. The highest BCUT2D eigenvalue weighted by molar-refractivity contribution is 5.86. The van der Waals surface area contributed by atoms with Crippen LogP contribution in [0.2, 0.25) is 0 Å². The molecule has 0 fully saturated rings. The SMILES string of the molecule is CC1=NN(c2ccccc2)C(C)C1. The van der Waals surface area contributed by atoms with Gasteiger partial charge in [-0.15, -0.1) is 0 Å².